The van der Waals surface area contributed by atoms with E-state index in [1.165, 1.54) is 0 Å². The highest BCUT2D eigenvalue weighted by Crippen LogP contribution is 2.42. The van der Waals surface area contributed by atoms with Gasteiger partial charge < -0.3 is 18.8 Å². The first kappa shape index (κ1) is 20.7. The van der Waals surface area contributed by atoms with Crippen molar-refractivity contribution in [3.63, 3.8) is 0 Å². The van der Waals surface area contributed by atoms with Gasteiger partial charge in [0, 0.05) is 44.5 Å². The van der Waals surface area contributed by atoms with Gasteiger partial charge in [-0.05, 0) is 41.5 Å². The Bertz CT molecular complexity index is 1040. The summed E-state index contributed by atoms with van der Waals surface area (Å²) in [6, 6.07) is 15.7. The van der Waals surface area contributed by atoms with Crippen LogP contribution in [0.3, 0.4) is 0 Å². The molecule has 0 N–H and O–H groups in total. The SMILES string of the molecule is COc1ccc(CN2CCO[C@]3(CN(Cc4ccco4)C[C@H]3c3cccnc3)C2=O)cc1. The van der Waals surface area contributed by atoms with E-state index < -0.39 is 5.60 Å². The number of hydrogen-bond donors (Lipinski definition) is 0. The van der Waals surface area contributed by atoms with E-state index in [0.717, 1.165) is 22.6 Å². The van der Waals surface area contributed by atoms with Crippen molar-refractivity contribution in [2.75, 3.05) is 33.4 Å². The molecule has 2 saturated heterocycles. The van der Waals surface area contributed by atoms with Gasteiger partial charge in [0.2, 0.25) is 0 Å². The Morgan fingerprint density at radius 1 is 1.16 bits per heavy atom. The maximum absolute atomic E-state index is 13.9. The van der Waals surface area contributed by atoms with Crippen molar-refractivity contribution >= 4 is 5.91 Å². The molecule has 2 fully saturated rings. The van der Waals surface area contributed by atoms with Crippen LogP contribution in [0, 0.1) is 0 Å². The zero-order valence-corrected chi connectivity index (χ0v) is 18.1. The van der Waals surface area contributed by atoms with E-state index in [1.807, 2.05) is 59.6 Å². The lowest BCUT2D eigenvalue weighted by molar-refractivity contribution is -0.173. The lowest BCUT2D eigenvalue weighted by Crippen LogP contribution is -2.59. The van der Waals surface area contributed by atoms with Crippen molar-refractivity contribution in [3.05, 3.63) is 84.1 Å². The number of amides is 1. The number of benzene rings is 1. The molecular formula is C25H27N3O4. The molecule has 0 saturated carbocycles. The van der Waals surface area contributed by atoms with E-state index >= 15 is 0 Å². The Morgan fingerprint density at radius 3 is 2.75 bits per heavy atom. The number of hydrogen-bond acceptors (Lipinski definition) is 6. The maximum Gasteiger partial charge on any atom is 0.257 e. The van der Waals surface area contributed by atoms with E-state index in [0.29, 0.717) is 39.3 Å². The first-order chi connectivity index (χ1) is 15.7. The number of methoxy groups -OCH3 is 1. The van der Waals surface area contributed by atoms with Gasteiger partial charge in [-0.25, -0.2) is 0 Å². The quantitative estimate of drug-likeness (QED) is 0.595. The van der Waals surface area contributed by atoms with Gasteiger partial charge in [-0.3, -0.25) is 14.7 Å². The Kier molecular flexibility index (Phi) is 5.68. The van der Waals surface area contributed by atoms with Crippen LogP contribution in [0.15, 0.2) is 71.6 Å². The normalized spacial score (nSPS) is 23.7. The minimum absolute atomic E-state index is 0.0374. The van der Waals surface area contributed by atoms with Crippen LogP contribution < -0.4 is 4.74 Å². The van der Waals surface area contributed by atoms with Crippen LogP contribution in [-0.2, 0) is 22.6 Å². The van der Waals surface area contributed by atoms with Gasteiger partial charge in [0.1, 0.15) is 11.5 Å². The van der Waals surface area contributed by atoms with Crippen LogP contribution in [0.25, 0.3) is 0 Å². The molecule has 4 heterocycles. The Labute approximate surface area is 187 Å². The fourth-order valence-electron chi connectivity index (χ4n) is 4.85. The fourth-order valence-corrected chi connectivity index (χ4v) is 4.85. The van der Waals surface area contributed by atoms with E-state index in [9.17, 15) is 4.79 Å². The molecule has 2 atom stereocenters. The molecule has 5 rings (SSSR count). The summed E-state index contributed by atoms with van der Waals surface area (Å²) < 4.78 is 17.2. The summed E-state index contributed by atoms with van der Waals surface area (Å²) in [4.78, 5) is 22.4. The number of carbonyl (C=O) groups is 1. The molecule has 0 aliphatic carbocycles. The lowest BCUT2D eigenvalue weighted by Gasteiger charge is -2.42. The largest absolute Gasteiger partial charge is 0.497 e. The average Bonchev–Trinajstić information content (AvgIpc) is 3.47. The van der Waals surface area contributed by atoms with Gasteiger partial charge in [-0.15, -0.1) is 0 Å². The third-order valence-electron chi connectivity index (χ3n) is 6.41. The number of furan rings is 1. The molecule has 1 amide bonds. The van der Waals surface area contributed by atoms with Gasteiger partial charge in [0.05, 0.1) is 26.5 Å². The number of nitrogens with zero attached hydrogens (tertiary/aromatic N) is 3. The van der Waals surface area contributed by atoms with Gasteiger partial charge >= 0.3 is 0 Å². The highest BCUT2D eigenvalue weighted by molar-refractivity contribution is 5.88. The van der Waals surface area contributed by atoms with Crippen molar-refractivity contribution in [1.29, 1.82) is 0 Å². The molecular weight excluding hydrogens is 406 g/mol. The van der Waals surface area contributed by atoms with Crippen LogP contribution in [0.4, 0.5) is 0 Å². The molecule has 1 spiro atoms. The number of likely N-dealkylation sites (tertiary alicyclic amines) is 1. The minimum atomic E-state index is -0.930. The zero-order valence-electron chi connectivity index (χ0n) is 18.1. The van der Waals surface area contributed by atoms with Crippen molar-refractivity contribution in [2.45, 2.75) is 24.6 Å². The predicted octanol–water partition coefficient (Wildman–Crippen LogP) is 3.08. The summed E-state index contributed by atoms with van der Waals surface area (Å²) in [5.41, 5.74) is 1.16. The first-order valence-corrected chi connectivity index (χ1v) is 10.9. The van der Waals surface area contributed by atoms with Gasteiger partial charge in [-0.2, -0.15) is 0 Å². The van der Waals surface area contributed by atoms with E-state index in [-0.39, 0.29) is 11.8 Å². The highest BCUT2D eigenvalue weighted by atomic mass is 16.5. The average molecular weight is 434 g/mol. The molecule has 2 aliphatic heterocycles. The molecule has 0 bridgehead atoms. The summed E-state index contributed by atoms with van der Waals surface area (Å²) in [5.74, 6) is 1.62. The summed E-state index contributed by atoms with van der Waals surface area (Å²) in [5, 5.41) is 0. The van der Waals surface area contributed by atoms with E-state index in [1.54, 1.807) is 19.6 Å². The summed E-state index contributed by atoms with van der Waals surface area (Å²) >= 11 is 0. The molecule has 32 heavy (non-hydrogen) atoms. The second-order valence-electron chi connectivity index (χ2n) is 8.40. The number of ether oxygens (including phenoxy) is 2. The lowest BCUT2D eigenvalue weighted by atomic mass is 9.83. The van der Waals surface area contributed by atoms with Crippen LogP contribution in [0.5, 0.6) is 5.75 Å². The van der Waals surface area contributed by atoms with Gasteiger partial charge in [0.15, 0.2) is 5.60 Å². The molecule has 7 heteroatoms. The van der Waals surface area contributed by atoms with E-state index in [4.69, 9.17) is 13.9 Å². The smallest absolute Gasteiger partial charge is 0.257 e. The van der Waals surface area contributed by atoms with Crippen molar-refractivity contribution in [1.82, 2.24) is 14.8 Å². The first-order valence-electron chi connectivity index (χ1n) is 10.9. The maximum atomic E-state index is 13.9. The number of aromatic nitrogens is 1. The van der Waals surface area contributed by atoms with Crippen LogP contribution >= 0.6 is 0 Å². The van der Waals surface area contributed by atoms with E-state index in [2.05, 4.69) is 9.88 Å². The second kappa shape index (κ2) is 8.76. The van der Waals surface area contributed by atoms with Gasteiger partial charge in [-0.1, -0.05) is 18.2 Å². The summed E-state index contributed by atoms with van der Waals surface area (Å²) in [7, 11) is 1.65. The zero-order chi connectivity index (χ0) is 22.0. The predicted molar refractivity (Wildman–Crippen MR) is 118 cm³/mol. The Balaban J connectivity index is 1.42. The molecule has 166 valence electrons. The molecule has 0 radical (unpaired) electrons. The molecule has 3 aromatic rings. The third kappa shape index (κ3) is 3.89. The van der Waals surface area contributed by atoms with Gasteiger partial charge in [0.25, 0.3) is 5.91 Å². The van der Waals surface area contributed by atoms with Crippen LogP contribution in [-0.4, -0.2) is 59.6 Å². The fraction of sp³-hybridized carbons (Fsp3) is 0.360. The number of pyridine rings is 1. The molecule has 0 unspecified atom stereocenters. The molecule has 2 aromatic heterocycles. The van der Waals surface area contributed by atoms with Crippen molar-refractivity contribution in [2.24, 2.45) is 0 Å². The van der Waals surface area contributed by atoms with Crippen LogP contribution in [0.2, 0.25) is 0 Å². The second-order valence-corrected chi connectivity index (χ2v) is 8.40. The number of carbonyl (C=O) groups excluding carboxylic acids is 1. The summed E-state index contributed by atoms with van der Waals surface area (Å²) in [6.45, 7) is 3.49. The molecule has 1 aromatic carbocycles. The standard InChI is InChI=1S/C25H27N3O4/c1-30-21-8-6-19(7-9-21)15-28-11-13-32-25(24(28)29)18-27(16-22-5-3-12-31-22)17-23(25)20-4-2-10-26-14-20/h2-10,12,14,23H,11,13,15-18H2,1H3/t23-,25-/m0/s1. The Hall–Kier alpha value is -3.16. The topological polar surface area (TPSA) is 68.0 Å². The van der Waals surface area contributed by atoms with Crippen molar-refractivity contribution < 1.29 is 18.7 Å². The number of rotatable bonds is 6. The van der Waals surface area contributed by atoms with Crippen molar-refractivity contribution in [3.8, 4) is 5.75 Å². The molecule has 7 nitrogen and oxygen atoms in total. The number of morpholine rings is 1. The monoisotopic (exact) mass is 433 g/mol. The minimum Gasteiger partial charge on any atom is -0.497 e. The highest BCUT2D eigenvalue weighted by Gasteiger charge is 2.57. The summed E-state index contributed by atoms with van der Waals surface area (Å²) in [6.07, 6.45) is 5.28. The third-order valence-corrected chi connectivity index (χ3v) is 6.41. The Morgan fingerprint density at radius 2 is 2.03 bits per heavy atom. The molecule has 2 aliphatic rings. The van der Waals surface area contributed by atoms with Crippen LogP contribution in [0.1, 0.15) is 22.8 Å².